The summed E-state index contributed by atoms with van der Waals surface area (Å²) in [6, 6.07) is 7.85. The second kappa shape index (κ2) is 5.45. The lowest BCUT2D eigenvalue weighted by Crippen LogP contribution is -1.87. The molecule has 3 nitrogen and oxygen atoms in total. The zero-order chi connectivity index (χ0) is 13.2. The van der Waals surface area contributed by atoms with Crippen LogP contribution in [0.4, 0.5) is 0 Å². The fourth-order valence-corrected chi connectivity index (χ4v) is 3.40. The molecular formula is C13H10ClN3S2. The summed E-state index contributed by atoms with van der Waals surface area (Å²) < 4.78 is 0. The van der Waals surface area contributed by atoms with E-state index >= 15 is 0 Å². The molecule has 0 fully saturated rings. The molecule has 0 aliphatic heterocycles. The van der Waals surface area contributed by atoms with Crippen molar-refractivity contribution >= 4 is 45.0 Å². The predicted octanol–water partition coefficient (Wildman–Crippen LogP) is 4.05. The second-order valence-corrected chi connectivity index (χ2v) is 6.24. The van der Waals surface area contributed by atoms with Crippen LogP contribution in [0, 0.1) is 0 Å². The standard InChI is InChI=1S/C13H10ClN3S2/c1-18-12-11-13(16-7-15-12)19-10(17-11)6-8-2-4-9(14)5-3-8/h2-5,7H,6H2,1H3. The van der Waals surface area contributed by atoms with E-state index in [2.05, 4.69) is 15.0 Å². The van der Waals surface area contributed by atoms with E-state index in [0.29, 0.717) is 0 Å². The number of halogens is 1. The van der Waals surface area contributed by atoms with E-state index in [4.69, 9.17) is 11.6 Å². The summed E-state index contributed by atoms with van der Waals surface area (Å²) in [5.41, 5.74) is 2.10. The molecule has 0 saturated heterocycles. The monoisotopic (exact) mass is 307 g/mol. The first kappa shape index (κ1) is 12.8. The van der Waals surface area contributed by atoms with Crippen molar-refractivity contribution in [3.63, 3.8) is 0 Å². The van der Waals surface area contributed by atoms with Gasteiger partial charge >= 0.3 is 0 Å². The average molecular weight is 308 g/mol. The Bertz CT molecular complexity index is 709. The second-order valence-electron chi connectivity index (χ2n) is 3.95. The van der Waals surface area contributed by atoms with Crippen molar-refractivity contribution in [2.24, 2.45) is 0 Å². The molecule has 0 unspecified atom stereocenters. The largest absolute Gasteiger partial charge is 0.236 e. The summed E-state index contributed by atoms with van der Waals surface area (Å²) in [6.07, 6.45) is 4.39. The molecule has 0 atom stereocenters. The van der Waals surface area contributed by atoms with E-state index in [0.717, 1.165) is 31.8 Å². The van der Waals surface area contributed by atoms with Crippen LogP contribution in [0.15, 0.2) is 35.6 Å². The van der Waals surface area contributed by atoms with Gasteiger partial charge in [-0.25, -0.2) is 15.0 Å². The van der Waals surface area contributed by atoms with E-state index < -0.39 is 0 Å². The Morgan fingerprint density at radius 1 is 1.21 bits per heavy atom. The van der Waals surface area contributed by atoms with Gasteiger partial charge in [0.2, 0.25) is 0 Å². The Morgan fingerprint density at radius 2 is 2.00 bits per heavy atom. The molecule has 19 heavy (non-hydrogen) atoms. The fraction of sp³-hybridized carbons (Fsp3) is 0.154. The maximum absolute atomic E-state index is 5.88. The Balaban J connectivity index is 1.95. The van der Waals surface area contributed by atoms with Crippen LogP contribution in [0.2, 0.25) is 5.02 Å². The van der Waals surface area contributed by atoms with Gasteiger partial charge in [-0.1, -0.05) is 35.1 Å². The summed E-state index contributed by atoms with van der Waals surface area (Å²) in [4.78, 5) is 14.1. The van der Waals surface area contributed by atoms with Gasteiger partial charge in [0.05, 0.1) is 5.01 Å². The van der Waals surface area contributed by atoms with Crippen LogP contribution in [-0.4, -0.2) is 21.2 Å². The highest BCUT2D eigenvalue weighted by Gasteiger charge is 2.10. The lowest BCUT2D eigenvalue weighted by molar-refractivity contribution is 1.08. The van der Waals surface area contributed by atoms with E-state index in [1.807, 2.05) is 30.5 Å². The van der Waals surface area contributed by atoms with Crippen LogP contribution in [0.5, 0.6) is 0 Å². The number of rotatable bonds is 3. The molecule has 2 heterocycles. The molecule has 1 aromatic carbocycles. The average Bonchev–Trinajstić information content (AvgIpc) is 2.83. The van der Waals surface area contributed by atoms with Crippen LogP contribution >= 0.6 is 34.7 Å². The van der Waals surface area contributed by atoms with Crippen LogP contribution in [-0.2, 0) is 6.42 Å². The van der Waals surface area contributed by atoms with E-state index in [9.17, 15) is 0 Å². The first-order valence-electron chi connectivity index (χ1n) is 5.65. The Kier molecular flexibility index (Phi) is 3.68. The fourth-order valence-electron chi connectivity index (χ4n) is 1.78. The van der Waals surface area contributed by atoms with E-state index in [1.54, 1.807) is 29.4 Å². The summed E-state index contributed by atoms with van der Waals surface area (Å²) in [6.45, 7) is 0. The number of aromatic nitrogens is 3. The lowest BCUT2D eigenvalue weighted by atomic mass is 10.2. The molecule has 0 amide bonds. The van der Waals surface area contributed by atoms with Gasteiger partial charge in [-0.05, 0) is 24.0 Å². The molecule has 0 bridgehead atoms. The van der Waals surface area contributed by atoms with E-state index in [1.165, 1.54) is 5.56 Å². The van der Waals surface area contributed by atoms with Gasteiger partial charge in [-0.15, -0.1) is 11.8 Å². The first-order chi connectivity index (χ1) is 9.26. The number of thiazole rings is 1. The molecule has 0 aliphatic carbocycles. The molecule has 0 saturated carbocycles. The van der Waals surface area contributed by atoms with Crippen molar-refractivity contribution in [1.29, 1.82) is 0 Å². The number of benzene rings is 1. The Morgan fingerprint density at radius 3 is 2.74 bits per heavy atom. The van der Waals surface area contributed by atoms with Gasteiger partial charge in [0, 0.05) is 11.4 Å². The zero-order valence-corrected chi connectivity index (χ0v) is 12.5. The van der Waals surface area contributed by atoms with Crippen molar-refractivity contribution in [2.75, 3.05) is 6.26 Å². The first-order valence-corrected chi connectivity index (χ1v) is 8.07. The Labute approximate surface area is 124 Å². The number of thioether (sulfide) groups is 1. The molecule has 6 heteroatoms. The van der Waals surface area contributed by atoms with Crippen molar-refractivity contribution < 1.29 is 0 Å². The maximum atomic E-state index is 5.88. The predicted molar refractivity (Wildman–Crippen MR) is 81.2 cm³/mol. The minimum Gasteiger partial charge on any atom is -0.236 e. The van der Waals surface area contributed by atoms with Gasteiger partial charge in [-0.2, -0.15) is 0 Å². The third kappa shape index (κ3) is 2.73. The van der Waals surface area contributed by atoms with E-state index in [-0.39, 0.29) is 0 Å². The van der Waals surface area contributed by atoms with Crippen molar-refractivity contribution in [2.45, 2.75) is 11.4 Å². The quantitative estimate of drug-likeness (QED) is 0.540. The SMILES string of the molecule is CSc1ncnc2sc(Cc3ccc(Cl)cc3)nc12. The van der Waals surface area contributed by atoms with Crippen molar-refractivity contribution in [3.8, 4) is 0 Å². The number of fused-ring (bicyclic) bond motifs is 1. The van der Waals surface area contributed by atoms with Gasteiger partial charge in [0.25, 0.3) is 0 Å². The van der Waals surface area contributed by atoms with Crippen LogP contribution in [0.3, 0.4) is 0 Å². The topological polar surface area (TPSA) is 38.7 Å². The molecule has 2 aromatic heterocycles. The smallest absolute Gasteiger partial charge is 0.148 e. The zero-order valence-electron chi connectivity index (χ0n) is 10.1. The minimum absolute atomic E-state index is 0.753. The molecule has 3 aromatic rings. The third-order valence-corrected chi connectivity index (χ3v) is 4.57. The third-order valence-electron chi connectivity index (χ3n) is 2.67. The van der Waals surface area contributed by atoms with Gasteiger partial charge in [0.15, 0.2) is 0 Å². The summed E-state index contributed by atoms with van der Waals surface area (Å²) in [5.74, 6) is 0. The highest BCUT2D eigenvalue weighted by Crippen LogP contribution is 2.27. The van der Waals surface area contributed by atoms with Gasteiger partial charge in [-0.3, -0.25) is 0 Å². The maximum Gasteiger partial charge on any atom is 0.148 e. The number of hydrogen-bond donors (Lipinski definition) is 0. The Hall–Kier alpha value is -1.17. The molecule has 3 rings (SSSR count). The summed E-state index contributed by atoms with van der Waals surface area (Å²) >= 11 is 9.10. The highest BCUT2D eigenvalue weighted by atomic mass is 35.5. The summed E-state index contributed by atoms with van der Waals surface area (Å²) in [5, 5.41) is 2.74. The van der Waals surface area contributed by atoms with Crippen LogP contribution in [0.25, 0.3) is 10.3 Å². The van der Waals surface area contributed by atoms with Gasteiger partial charge in [0.1, 0.15) is 21.7 Å². The molecule has 0 radical (unpaired) electrons. The molecule has 0 aliphatic rings. The molecule has 96 valence electrons. The normalized spacial score (nSPS) is 11.1. The van der Waals surface area contributed by atoms with Crippen LogP contribution in [0.1, 0.15) is 10.6 Å². The molecule has 0 spiro atoms. The van der Waals surface area contributed by atoms with Crippen molar-refractivity contribution in [3.05, 3.63) is 46.2 Å². The number of nitrogens with zero attached hydrogens (tertiary/aromatic N) is 3. The number of hydrogen-bond acceptors (Lipinski definition) is 5. The van der Waals surface area contributed by atoms with Gasteiger partial charge < -0.3 is 0 Å². The highest BCUT2D eigenvalue weighted by molar-refractivity contribution is 7.98. The molecule has 0 N–H and O–H groups in total. The van der Waals surface area contributed by atoms with Crippen LogP contribution < -0.4 is 0 Å². The minimum atomic E-state index is 0.753. The lowest BCUT2D eigenvalue weighted by Gasteiger charge is -1.97. The molecular weight excluding hydrogens is 298 g/mol. The van der Waals surface area contributed by atoms with Crippen molar-refractivity contribution in [1.82, 2.24) is 15.0 Å². The summed E-state index contributed by atoms with van der Waals surface area (Å²) in [7, 11) is 0.